The molecule has 2 aromatic rings. The van der Waals surface area contributed by atoms with Gasteiger partial charge in [-0.25, -0.2) is 8.60 Å². The second-order valence-electron chi connectivity index (χ2n) is 9.56. The number of hydrogen-bond donors (Lipinski definition) is 0. The molecule has 2 heterocycles. The minimum absolute atomic E-state index is 0.133. The Balaban J connectivity index is 1.79. The van der Waals surface area contributed by atoms with Crippen molar-refractivity contribution in [3.05, 3.63) is 63.9 Å². The van der Waals surface area contributed by atoms with Gasteiger partial charge in [0.1, 0.15) is 35.1 Å². The fourth-order valence-electron chi connectivity index (χ4n) is 4.74. The van der Waals surface area contributed by atoms with Crippen molar-refractivity contribution in [2.75, 3.05) is 27.2 Å². The number of fused-ring (bicyclic) bond motifs is 1. The summed E-state index contributed by atoms with van der Waals surface area (Å²) in [4.78, 5) is 32.9. The molecule has 4 unspecified atom stereocenters. The Hall–Kier alpha value is -2.04. The number of halogens is 3. The lowest BCUT2D eigenvalue weighted by molar-refractivity contribution is -0.171. The quantitative estimate of drug-likeness (QED) is 0.548. The van der Waals surface area contributed by atoms with Crippen molar-refractivity contribution in [3.63, 3.8) is 0 Å². The number of nitrogens with zero attached hydrogens (tertiary/aromatic N) is 4. The molecule has 0 aliphatic carbocycles. The van der Waals surface area contributed by atoms with Gasteiger partial charge < -0.3 is 9.80 Å². The highest BCUT2D eigenvalue weighted by atomic mass is 35.5. The molecule has 194 valence electrons. The Morgan fingerprint density at radius 1 is 1.06 bits per heavy atom. The SMILES string of the molecule is CC(C)N1CC2N(C(=O)C(N(C)C)CN2S(=O)c2ccc(Cl)cc2Cl)C(Cc2ccc(F)cc2)C1=O. The van der Waals surface area contributed by atoms with E-state index in [1.807, 2.05) is 13.8 Å². The first kappa shape index (κ1) is 27.0. The number of likely N-dealkylation sites (N-methyl/N-ethyl adjacent to an activating group) is 1. The first-order chi connectivity index (χ1) is 17.0. The van der Waals surface area contributed by atoms with Gasteiger partial charge in [0.15, 0.2) is 0 Å². The molecule has 4 rings (SSSR count). The fraction of sp³-hybridized carbons (Fsp3) is 0.440. The lowest BCUT2D eigenvalue weighted by atomic mass is 9.96. The molecule has 4 atom stereocenters. The number of carbonyl (C=O) groups excluding carboxylic acids is 2. The van der Waals surface area contributed by atoms with Crippen molar-refractivity contribution >= 4 is 46.0 Å². The van der Waals surface area contributed by atoms with Crippen LogP contribution in [-0.2, 0) is 27.0 Å². The molecule has 0 bridgehead atoms. The van der Waals surface area contributed by atoms with Gasteiger partial charge in [0.05, 0.1) is 16.5 Å². The van der Waals surface area contributed by atoms with E-state index < -0.39 is 29.2 Å². The molecule has 0 saturated carbocycles. The van der Waals surface area contributed by atoms with Crippen LogP contribution >= 0.6 is 23.2 Å². The molecule has 0 radical (unpaired) electrons. The molecule has 2 aliphatic heterocycles. The second kappa shape index (κ2) is 10.8. The highest BCUT2D eigenvalue weighted by Gasteiger charge is 2.52. The van der Waals surface area contributed by atoms with Crippen LogP contribution in [-0.4, -0.2) is 86.5 Å². The third-order valence-corrected chi connectivity index (χ3v) is 8.90. The molecule has 2 aromatic carbocycles. The van der Waals surface area contributed by atoms with Crippen LogP contribution in [0, 0.1) is 5.82 Å². The van der Waals surface area contributed by atoms with Crippen LogP contribution in [0.5, 0.6) is 0 Å². The third-order valence-electron chi connectivity index (χ3n) is 6.69. The van der Waals surface area contributed by atoms with Crippen molar-refractivity contribution in [1.82, 2.24) is 19.0 Å². The number of amides is 2. The average Bonchev–Trinajstić information content (AvgIpc) is 2.81. The Bertz CT molecular complexity index is 1180. The third kappa shape index (κ3) is 5.17. The maximum Gasteiger partial charge on any atom is 0.246 e. The van der Waals surface area contributed by atoms with Crippen LogP contribution in [0.15, 0.2) is 47.4 Å². The van der Waals surface area contributed by atoms with Gasteiger partial charge in [0, 0.05) is 24.0 Å². The topological polar surface area (TPSA) is 64.2 Å². The minimum atomic E-state index is -1.73. The van der Waals surface area contributed by atoms with Crippen LogP contribution < -0.4 is 0 Å². The summed E-state index contributed by atoms with van der Waals surface area (Å²) in [5, 5.41) is 0.692. The Morgan fingerprint density at radius 2 is 1.72 bits per heavy atom. The Morgan fingerprint density at radius 3 is 2.31 bits per heavy atom. The van der Waals surface area contributed by atoms with Crippen LogP contribution in [0.3, 0.4) is 0 Å². The van der Waals surface area contributed by atoms with Gasteiger partial charge in [-0.15, -0.1) is 0 Å². The lowest BCUT2D eigenvalue weighted by Gasteiger charge is -2.54. The molecule has 0 aromatic heterocycles. The predicted octanol–water partition coefficient (Wildman–Crippen LogP) is 3.42. The van der Waals surface area contributed by atoms with Gasteiger partial charge in [-0.3, -0.25) is 14.5 Å². The maximum absolute atomic E-state index is 13.9. The monoisotopic (exact) mass is 554 g/mol. The molecule has 7 nitrogen and oxygen atoms in total. The molecular weight excluding hydrogens is 526 g/mol. The highest BCUT2D eigenvalue weighted by Crippen LogP contribution is 2.34. The zero-order chi connectivity index (χ0) is 26.3. The number of carbonyl (C=O) groups is 2. The zero-order valence-electron chi connectivity index (χ0n) is 20.5. The average molecular weight is 556 g/mol. The van der Waals surface area contributed by atoms with E-state index >= 15 is 0 Å². The largest absolute Gasteiger partial charge is 0.335 e. The van der Waals surface area contributed by atoms with Gasteiger partial charge >= 0.3 is 0 Å². The van der Waals surface area contributed by atoms with E-state index in [0.29, 0.717) is 9.92 Å². The summed E-state index contributed by atoms with van der Waals surface area (Å²) in [5.74, 6) is -0.767. The molecular formula is C25H29Cl2FN4O3S. The van der Waals surface area contributed by atoms with Crippen LogP contribution in [0.1, 0.15) is 19.4 Å². The Kier molecular flexibility index (Phi) is 8.07. The molecule has 11 heteroatoms. The van der Waals surface area contributed by atoms with Crippen molar-refractivity contribution in [2.24, 2.45) is 0 Å². The maximum atomic E-state index is 13.9. The van der Waals surface area contributed by atoms with Gasteiger partial charge in [-0.2, -0.15) is 4.31 Å². The van der Waals surface area contributed by atoms with Crippen molar-refractivity contribution in [3.8, 4) is 0 Å². The molecule has 2 amide bonds. The summed E-state index contributed by atoms with van der Waals surface area (Å²) in [6.45, 7) is 4.22. The van der Waals surface area contributed by atoms with Gasteiger partial charge in [0.25, 0.3) is 0 Å². The van der Waals surface area contributed by atoms with E-state index in [1.54, 1.807) is 57.4 Å². The zero-order valence-corrected chi connectivity index (χ0v) is 22.9. The molecule has 2 saturated heterocycles. The molecule has 36 heavy (non-hydrogen) atoms. The highest BCUT2D eigenvalue weighted by molar-refractivity contribution is 7.82. The predicted molar refractivity (Wildman–Crippen MR) is 138 cm³/mol. The molecule has 2 aliphatic rings. The van der Waals surface area contributed by atoms with Crippen LogP contribution in [0.25, 0.3) is 0 Å². The second-order valence-corrected chi connectivity index (χ2v) is 11.8. The molecule has 0 spiro atoms. The van der Waals surface area contributed by atoms with Gasteiger partial charge in [-0.05, 0) is 63.8 Å². The fourth-order valence-corrected chi connectivity index (χ4v) is 6.68. The van der Waals surface area contributed by atoms with E-state index in [0.717, 1.165) is 5.56 Å². The van der Waals surface area contributed by atoms with Gasteiger partial charge in [-0.1, -0.05) is 35.3 Å². The first-order valence-electron chi connectivity index (χ1n) is 11.7. The summed E-state index contributed by atoms with van der Waals surface area (Å²) >= 11 is 12.5. The normalized spacial score (nSPS) is 24.0. The van der Waals surface area contributed by atoms with Crippen molar-refractivity contribution < 1.29 is 18.2 Å². The summed E-state index contributed by atoms with van der Waals surface area (Å²) < 4.78 is 29.2. The lowest BCUT2D eigenvalue weighted by Crippen LogP contribution is -2.75. The minimum Gasteiger partial charge on any atom is -0.335 e. The van der Waals surface area contributed by atoms with E-state index in [1.165, 1.54) is 18.2 Å². The van der Waals surface area contributed by atoms with Crippen molar-refractivity contribution in [1.29, 1.82) is 0 Å². The summed E-state index contributed by atoms with van der Waals surface area (Å²) in [6, 6.07) is 9.12. The van der Waals surface area contributed by atoms with E-state index in [2.05, 4.69) is 0 Å². The standard InChI is InChI=1S/C25H29Cl2FN4O3S/c1-15(2)30-14-23-31(36(35)22-10-7-17(26)12-19(22)27)13-21(29(3)4)25(34)32(23)20(24(30)33)11-16-5-8-18(28)9-6-16/h5-10,12,15,20-21,23H,11,13-14H2,1-4H3. The summed E-state index contributed by atoms with van der Waals surface area (Å²) in [7, 11) is 1.83. The number of benzene rings is 2. The number of piperazine rings is 1. The van der Waals surface area contributed by atoms with Crippen LogP contribution in [0.2, 0.25) is 10.0 Å². The smallest absolute Gasteiger partial charge is 0.246 e. The van der Waals surface area contributed by atoms with Crippen LogP contribution in [0.4, 0.5) is 4.39 Å². The molecule has 2 fully saturated rings. The number of rotatable bonds is 6. The first-order valence-corrected chi connectivity index (χ1v) is 13.5. The molecule has 0 N–H and O–H groups in total. The number of hydrogen-bond acceptors (Lipinski definition) is 4. The van der Waals surface area contributed by atoms with E-state index in [-0.39, 0.29) is 48.2 Å². The Labute approximate surface area is 223 Å². The summed E-state index contributed by atoms with van der Waals surface area (Å²) in [5.41, 5.74) is 0.729. The van der Waals surface area contributed by atoms with E-state index in [4.69, 9.17) is 23.2 Å². The summed E-state index contributed by atoms with van der Waals surface area (Å²) in [6.07, 6.45) is -0.417. The van der Waals surface area contributed by atoms with Crippen molar-refractivity contribution in [2.45, 2.75) is 49.5 Å². The van der Waals surface area contributed by atoms with E-state index in [9.17, 15) is 18.2 Å². The van der Waals surface area contributed by atoms with Gasteiger partial charge in [0.2, 0.25) is 11.8 Å².